The van der Waals surface area contributed by atoms with Gasteiger partial charge in [-0.15, -0.1) is 0 Å². The third kappa shape index (κ3) is 2.15. The van der Waals surface area contributed by atoms with Crippen LogP contribution in [0, 0.1) is 0 Å². The third-order valence-electron chi connectivity index (χ3n) is 2.04. The zero-order valence-corrected chi connectivity index (χ0v) is 14.2. The number of pyridine rings is 1. The predicted octanol–water partition coefficient (Wildman–Crippen LogP) is 2.14. The number of fused-ring (bicyclic) bond motifs is 1. The molecular weight excluding hydrogens is 399 g/mol. The fourth-order valence-corrected chi connectivity index (χ4v) is 2.16. The summed E-state index contributed by atoms with van der Waals surface area (Å²) < 4.78 is 4.79. The quantitative estimate of drug-likeness (QED) is 0.585. The maximum absolute atomic E-state index is 11.3. The normalized spacial score (nSPS) is 10.3. The summed E-state index contributed by atoms with van der Waals surface area (Å²) >= 11 is 4.29. The van der Waals surface area contributed by atoms with Crippen LogP contribution in [0.15, 0.2) is 35.2 Å². The van der Waals surface area contributed by atoms with Crippen molar-refractivity contribution < 1.29 is 34.0 Å². The maximum atomic E-state index is 11.3. The summed E-state index contributed by atoms with van der Waals surface area (Å²) in [7, 11) is 0. The number of aromatic nitrogens is 1. The van der Waals surface area contributed by atoms with Crippen LogP contribution in [0.4, 0.5) is 0 Å². The van der Waals surface area contributed by atoms with Gasteiger partial charge in [-0.1, -0.05) is 0 Å². The summed E-state index contributed by atoms with van der Waals surface area (Å²) in [6.45, 7) is 0. The Morgan fingerprint density at radius 1 is 1.33 bits per heavy atom. The monoisotopic (exact) mass is 406 g/mol. The molecule has 0 aliphatic heterocycles. The van der Waals surface area contributed by atoms with Crippen LogP contribution in [0.1, 0.15) is 10.5 Å². The van der Waals surface area contributed by atoms with Gasteiger partial charge in [0.1, 0.15) is 0 Å². The minimum atomic E-state index is -0.350. The molecule has 0 saturated carbocycles. The number of hydrogen-bond donors (Lipinski definition) is 1. The second-order valence-corrected chi connectivity index (χ2v) is 4.58. The van der Waals surface area contributed by atoms with Crippen LogP contribution in [-0.2, 0) is 29.2 Å². The number of nitrogens with zero attached hydrogens (tertiary/aromatic N) is 1. The first-order chi connectivity index (χ1) is 7.22. The van der Waals surface area contributed by atoms with Gasteiger partial charge in [0.25, 0.3) is 0 Å². The number of benzene rings is 1. The zero-order valence-electron chi connectivity index (χ0n) is 7.80. The summed E-state index contributed by atoms with van der Waals surface area (Å²) in [4.78, 5) is 16.3. The Bertz CT molecular complexity index is 530. The second kappa shape index (κ2) is 4.49. The van der Waals surface area contributed by atoms with Crippen LogP contribution in [-0.4, -0.2) is 11.0 Å². The molecule has 0 aliphatic carbocycles. The van der Waals surface area contributed by atoms with E-state index in [4.69, 9.17) is 2.64 Å². The van der Waals surface area contributed by atoms with Crippen molar-refractivity contribution in [3.8, 4) is 0 Å². The van der Waals surface area contributed by atoms with Gasteiger partial charge in [0, 0.05) is 0 Å². The van der Waals surface area contributed by atoms with Crippen LogP contribution >= 0.6 is 12.6 Å². The predicted molar refractivity (Wildman–Crippen MR) is 54.4 cm³/mol. The molecule has 0 aliphatic rings. The van der Waals surface area contributed by atoms with Crippen molar-refractivity contribution in [2.45, 2.75) is 4.90 Å². The SMILES string of the molecule is O=C([O][Hg])c1ccc2cccc(S)c2n1. The summed E-state index contributed by atoms with van der Waals surface area (Å²) in [5.41, 5.74) is 1.08. The van der Waals surface area contributed by atoms with Gasteiger partial charge >= 0.3 is 109 Å². The Hall–Kier alpha value is -0.615. The molecule has 0 atom stereocenters. The fourth-order valence-electron chi connectivity index (χ4n) is 1.32. The van der Waals surface area contributed by atoms with E-state index in [0.29, 0.717) is 5.69 Å². The number of para-hydroxylation sites is 1. The third-order valence-corrected chi connectivity index (χ3v) is 3.42. The van der Waals surface area contributed by atoms with Gasteiger partial charge in [-0.2, -0.15) is 0 Å². The number of rotatable bonds is 1. The molecule has 15 heavy (non-hydrogen) atoms. The molecular formula is C10H6HgNO2S. The molecule has 1 aromatic carbocycles. The molecule has 0 spiro atoms. The first kappa shape index (κ1) is 10.9. The van der Waals surface area contributed by atoms with Crippen molar-refractivity contribution in [3.05, 3.63) is 36.0 Å². The first-order valence-corrected chi connectivity index (χ1v) is 6.96. The first-order valence-electron chi connectivity index (χ1n) is 4.27. The topological polar surface area (TPSA) is 39.2 Å². The average molecular weight is 405 g/mol. The van der Waals surface area contributed by atoms with E-state index in [-0.39, 0.29) is 32.5 Å². The summed E-state index contributed by atoms with van der Waals surface area (Å²) in [5.74, 6) is -0.350. The molecule has 0 saturated heterocycles. The summed E-state index contributed by atoms with van der Waals surface area (Å²) in [6.07, 6.45) is 0. The molecule has 2 rings (SSSR count). The van der Waals surface area contributed by atoms with Gasteiger partial charge in [0.2, 0.25) is 0 Å². The molecule has 1 aromatic heterocycles. The Kier molecular flexibility index (Phi) is 3.26. The van der Waals surface area contributed by atoms with E-state index in [2.05, 4.69) is 17.6 Å². The molecule has 0 bridgehead atoms. The van der Waals surface area contributed by atoms with Crippen LogP contribution < -0.4 is 0 Å². The molecule has 5 heteroatoms. The van der Waals surface area contributed by atoms with Crippen molar-refractivity contribution >= 4 is 29.5 Å². The van der Waals surface area contributed by atoms with Gasteiger partial charge in [0.05, 0.1) is 0 Å². The minimum absolute atomic E-state index is 0.00497. The molecule has 0 N–H and O–H groups in total. The molecule has 2 aromatic rings. The number of carbonyl (C=O) groups excluding carboxylic acids is 1. The molecule has 0 fully saturated rings. The Balaban J connectivity index is 2.64. The molecule has 1 heterocycles. The van der Waals surface area contributed by atoms with Gasteiger partial charge in [-0.25, -0.2) is 0 Å². The van der Waals surface area contributed by atoms with E-state index in [9.17, 15) is 4.79 Å². The van der Waals surface area contributed by atoms with E-state index in [0.717, 1.165) is 15.8 Å². The van der Waals surface area contributed by atoms with Crippen molar-refractivity contribution in [3.63, 3.8) is 0 Å². The Morgan fingerprint density at radius 2 is 2.13 bits per heavy atom. The van der Waals surface area contributed by atoms with E-state index in [1.165, 1.54) is 0 Å². The molecule has 0 radical (unpaired) electrons. The number of hydrogen-bond acceptors (Lipinski definition) is 4. The molecule has 3 nitrogen and oxygen atoms in total. The van der Waals surface area contributed by atoms with Crippen molar-refractivity contribution in [2.75, 3.05) is 0 Å². The van der Waals surface area contributed by atoms with E-state index in [1.54, 1.807) is 6.07 Å². The van der Waals surface area contributed by atoms with E-state index < -0.39 is 0 Å². The van der Waals surface area contributed by atoms with Gasteiger partial charge in [0.15, 0.2) is 0 Å². The fraction of sp³-hybridized carbons (Fsp3) is 0. The van der Waals surface area contributed by atoms with E-state index in [1.807, 2.05) is 24.3 Å². The van der Waals surface area contributed by atoms with Gasteiger partial charge in [-0.05, 0) is 0 Å². The number of thiol groups is 1. The van der Waals surface area contributed by atoms with Crippen molar-refractivity contribution in [1.29, 1.82) is 0 Å². The molecule has 0 unspecified atom stereocenters. The summed E-state index contributed by atoms with van der Waals surface area (Å²) in [5, 5.41) is 0.970. The van der Waals surface area contributed by atoms with Crippen LogP contribution in [0.2, 0.25) is 0 Å². The standard InChI is InChI=1S/C10H7NO2S.Hg/c12-10(13)7-5-4-6-2-1-3-8(14)9(6)11-7;/h1-5,14H,(H,12,13);/q;+1/p-1. The Labute approximate surface area is 109 Å². The van der Waals surface area contributed by atoms with Crippen molar-refractivity contribution in [1.82, 2.24) is 4.98 Å². The Morgan fingerprint density at radius 3 is 2.87 bits per heavy atom. The number of carbonyl (C=O) groups is 1. The van der Waals surface area contributed by atoms with Crippen LogP contribution in [0.25, 0.3) is 10.9 Å². The average Bonchev–Trinajstić information content (AvgIpc) is 2.28. The van der Waals surface area contributed by atoms with Crippen LogP contribution in [0.3, 0.4) is 0 Å². The molecule has 71 valence electrons. The van der Waals surface area contributed by atoms with E-state index >= 15 is 0 Å². The van der Waals surface area contributed by atoms with Gasteiger partial charge < -0.3 is 0 Å². The molecule has 0 amide bonds. The van der Waals surface area contributed by atoms with Gasteiger partial charge in [-0.3, -0.25) is 0 Å². The van der Waals surface area contributed by atoms with Crippen LogP contribution in [0.5, 0.6) is 0 Å². The second-order valence-electron chi connectivity index (χ2n) is 2.98. The summed E-state index contributed by atoms with van der Waals surface area (Å²) in [6, 6.07) is 9.20. The zero-order chi connectivity index (χ0) is 10.8. The van der Waals surface area contributed by atoms with Crippen molar-refractivity contribution in [2.24, 2.45) is 0 Å².